The van der Waals surface area contributed by atoms with Crippen molar-refractivity contribution < 1.29 is 14.3 Å². The molecule has 0 N–H and O–H groups in total. The molecule has 0 aliphatic heterocycles. The van der Waals surface area contributed by atoms with Crippen molar-refractivity contribution in [3.8, 4) is 0 Å². The van der Waals surface area contributed by atoms with E-state index in [1.807, 2.05) is 13.8 Å². The molecule has 0 fully saturated rings. The number of Topliss-reactive ketones (excluding diaryl/α,β-unsaturated/α-hetero) is 1. The minimum absolute atomic E-state index is 0.105. The van der Waals surface area contributed by atoms with E-state index in [0.29, 0.717) is 13.0 Å². The van der Waals surface area contributed by atoms with Gasteiger partial charge in [-0.1, -0.05) is 12.2 Å². The maximum absolute atomic E-state index is 10.6. The zero-order valence-electron chi connectivity index (χ0n) is 10.7. The van der Waals surface area contributed by atoms with Gasteiger partial charge in [-0.25, -0.2) is 0 Å². The lowest BCUT2D eigenvalue weighted by Gasteiger charge is -2.11. The van der Waals surface area contributed by atoms with Gasteiger partial charge in [0.05, 0.1) is 6.61 Å². The van der Waals surface area contributed by atoms with Crippen molar-refractivity contribution in [1.29, 1.82) is 0 Å². The summed E-state index contributed by atoms with van der Waals surface area (Å²) < 4.78 is 10.7. The lowest BCUT2D eigenvalue weighted by Crippen LogP contribution is -2.13. The Kier molecular flexibility index (Phi) is 10.4. The molecule has 0 bridgehead atoms. The van der Waals surface area contributed by atoms with Crippen molar-refractivity contribution in [2.75, 3.05) is 13.2 Å². The largest absolute Gasteiger partial charge is 0.353 e. The number of hydrogen-bond donors (Lipinski definition) is 0. The fourth-order valence-corrected chi connectivity index (χ4v) is 1.26. The minimum atomic E-state index is -0.105. The van der Waals surface area contributed by atoms with E-state index in [9.17, 15) is 4.79 Å². The molecular weight excluding hydrogens is 204 g/mol. The highest BCUT2D eigenvalue weighted by Gasteiger charge is 1.98. The van der Waals surface area contributed by atoms with Crippen LogP contribution in [0.4, 0.5) is 0 Å². The molecule has 1 unspecified atom stereocenters. The zero-order valence-corrected chi connectivity index (χ0v) is 10.7. The molecule has 3 heteroatoms. The Bertz CT molecular complexity index is 199. The highest BCUT2D eigenvalue weighted by molar-refractivity contribution is 5.75. The molecule has 0 spiro atoms. The van der Waals surface area contributed by atoms with E-state index in [1.165, 1.54) is 0 Å². The Hall–Kier alpha value is -0.670. The first-order valence-corrected chi connectivity index (χ1v) is 6.04. The Morgan fingerprint density at radius 2 is 1.94 bits per heavy atom. The van der Waals surface area contributed by atoms with E-state index in [4.69, 9.17) is 9.47 Å². The van der Waals surface area contributed by atoms with Crippen molar-refractivity contribution in [3.63, 3.8) is 0 Å². The molecular formula is C13H24O3. The van der Waals surface area contributed by atoms with Gasteiger partial charge < -0.3 is 14.3 Å². The molecule has 0 aromatic carbocycles. The van der Waals surface area contributed by atoms with Crippen LogP contribution in [0.3, 0.4) is 0 Å². The van der Waals surface area contributed by atoms with Crippen LogP contribution in [0.2, 0.25) is 0 Å². The van der Waals surface area contributed by atoms with Crippen molar-refractivity contribution in [1.82, 2.24) is 0 Å². The van der Waals surface area contributed by atoms with E-state index >= 15 is 0 Å². The predicted octanol–water partition coefficient (Wildman–Crippen LogP) is 3.09. The van der Waals surface area contributed by atoms with Gasteiger partial charge in [-0.05, 0) is 40.0 Å². The summed E-state index contributed by atoms with van der Waals surface area (Å²) in [5.74, 6) is 0.249. The number of allylic oxidation sites excluding steroid dienone is 2. The van der Waals surface area contributed by atoms with Gasteiger partial charge in [0, 0.05) is 13.0 Å². The maximum Gasteiger partial charge on any atom is 0.154 e. The topological polar surface area (TPSA) is 35.5 Å². The van der Waals surface area contributed by atoms with Gasteiger partial charge in [0.15, 0.2) is 6.29 Å². The van der Waals surface area contributed by atoms with E-state index in [-0.39, 0.29) is 12.1 Å². The Labute approximate surface area is 98.8 Å². The van der Waals surface area contributed by atoms with Crippen LogP contribution in [-0.4, -0.2) is 25.3 Å². The Morgan fingerprint density at radius 1 is 1.25 bits per heavy atom. The average molecular weight is 228 g/mol. The number of hydrogen-bond acceptors (Lipinski definition) is 3. The molecule has 0 aliphatic carbocycles. The van der Waals surface area contributed by atoms with E-state index in [2.05, 4.69) is 12.2 Å². The standard InChI is InChI=1S/C13H24O3/c1-4-15-13(3)16-11-9-7-5-6-8-10-12(2)14/h5-6,13H,4,7-11H2,1-3H3/b6-5-. The third kappa shape index (κ3) is 11.4. The van der Waals surface area contributed by atoms with Crippen LogP contribution in [-0.2, 0) is 14.3 Å². The molecule has 0 heterocycles. The van der Waals surface area contributed by atoms with E-state index in [1.54, 1.807) is 6.92 Å². The molecule has 0 saturated heterocycles. The summed E-state index contributed by atoms with van der Waals surface area (Å²) in [5.41, 5.74) is 0. The van der Waals surface area contributed by atoms with Gasteiger partial charge in [-0.2, -0.15) is 0 Å². The molecule has 0 aliphatic rings. The first-order chi connectivity index (χ1) is 7.66. The molecule has 0 saturated carbocycles. The van der Waals surface area contributed by atoms with Gasteiger partial charge in [-0.15, -0.1) is 0 Å². The third-order valence-electron chi connectivity index (χ3n) is 2.10. The van der Waals surface area contributed by atoms with Crippen LogP contribution >= 0.6 is 0 Å². The second-order valence-electron chi connectivity index (χ2n) is 3.75. The van der Waals surface area contributed by atoms with E-state index in [0.717, 1.165) is 25.9 Å². The quantitative estimate of drug-likeness (QED) is 0.327. The summed E-state index contributed by atoms with van der Waals surface area (Å²) in [6, 6.07) is 0. The molecule has 0 aromatic rings. The molecule has 94 valence electrons. The molecule has 16 heavy (non-hydrogen) atoms. The number of unbranched alkanes of at least 4 members (excludes halogenated alkanes) is 1. The summed E-state index contributed by atoms with van der Waals surface area (Å²) in [7, 11) is 0. The normalized spacial score (nSPS) is 13.2. The SMILES string of the molecule is CCOC(C)OCCC/C=C\CCC(C)=O. The highest BCUT2D eigenvalue weighted by atomic mass is 16.7. The summed E-state index contributed by atoms with van der Waals surface area (Å²) in [5, 5.41) is 0. The van der Waals surface area contributed by atoms with Gasteiger partial charge in [0.1, 0.15) is 5.78 Å². The number of carbonyl (C=O) groups excluding carboxylic acids is 1. The lowest BCUT2D eigenvalue weighted by atomic mass is 10.2. The Morgan fingerprint density at radius 3 is 2.56 bits per heavy atom. The maximum atomic E-state index is 10.6. The van der Waals surface area contributed by atoms with Crippen LogP contribution in [0, 0.1) is 0 Å². The monoisotopic (exact) mass is 228 g/mol. The van der Waals surface area contributed by atoms with Crippen LogP contribution in [0.15, 0.2) is 12.2 Å². The molecule has 0 aromatic heterocycles. The van der Waals surface area contributed by atoms with E-state index < -0.39 is 0 Å². The van der Waals surface area contributed by atoms with Crippen molar-refractivity contribution in [2.45, 2.75) is 52.7 Å². The van der Waals surface area contributed by atoms with Crippen molar-refractivity contribution >= 4 is 5.78 Å². The highest BCUT2D eigenvalue weighted by Crippen LogP contribution is 1.99. The number of rotatable bonds is 10. The minimum Gasteiger partial charge on any atom is -0.353 e. The second kappa shape index (κ2) is 10.8. The lowest BCUT2D eigenvalue weighted by molar-refractivity contribution is -0.127. The van der Waals surface area contributed by atoms with Crippen molar-refractivity contribution in [3.05, 3.63) is 12.2 Å². The number of carbonyl (C=O) groups is 1. The first kappa shape index (κ1) is 15.3. The van der Waals surface area contributed by atoms with Gasteiger partial charge in [-0.3, -0.25) is 0 Å². The van der Waals surface area contributed by atoms with Gasteiger partial charge >= 0.3 is 0 Å². The fourth-order valence-electron chi connectivity index (χ4n) is 1.26. The number of ketones is 1. The fraction of sp³-hybridized carbons (Fsp3) is 0.769. The molecule has 0 amide bonds. The molecule has 3 nitrogen and oxygen atoms in total. The molecule has 1 atom stereocenters. The van der Waals surface area contributed by atoms with Crippen LogP contribution < -0.4 is 0 Å². The van der Waals surface area contributed by atoms with Crippen LogP contribution in [0.1, 0.15) is 46.5 Å². The zero-order chi connectivity index (χ0) is 12.2. The summed E-state index contributed by atoms with van der Waals surface area (Å²) in [6.45, 7) is 6.89. The second-order valence-corrected chi connectivity index (χ2v) is 3.75. The summed E-state index contributed by atoms with van der Waals surface area (Å²) in [6.07, 6.45) is 7.56. The number of ether oxygens (including phenoxy) is 2. The average Bonchev–Trinajstić information content (AvgIpc) is 2.22. The molecule has 0 radical (unpaired) electrons. The summed E-state index contributed by atoms with van der Waals surface area (Å²) in [4.78, 5) is 10.6. The molecule has 0 rings (SSSR count). The van der Waals surface area contributed by atoms with Crippen molar-refractivity contribution in [2.24, 2.45) is 0 Å². The van der Waals surface area contributed by atoms with Crippen LogP contribution in [0.25, 0.3) is 0 Å². The smallest absolute Gasteiger partial charge is 0.154 e. The summed E-state index contributed by atoms with van der Waals surface area (Å²) >= 11 is 0. The first-order valence-electron chi connectivity index (χ1n) is 6.04. The third-order valence-corrected chi connectivity index (χ3v) is 2.10. The van der Waals surface area contributed by atoms with Crippen LogP contribution in [0.5, 0.6) is 0 Å². The Balaban J connectivity index is 3.23. The van der Waals surface area contributed by atoms with Gasteiger partial charge in [0.25, 0.3) is 0 Å². The predicted molar refractivity (Wildman–Crippen MR) is 65.3 cm³/mol. The van der Waals surface area contributed by atoms with Gasteiger partial charge in [0.2, 0.25) is 0 Å².